The van der Waals surface area contributed by atoms with Gasteiger partial charge in [-0.05, 0) is 25.5 Å². The fourth-order valence-corrected chi connectivity index (χ4v) is 4.12. The van der Waals surface area contributed by atoms with Crippen molar-refractivity contribution in [1.29, 1.82) is 0 Å². The van der Waals surface area contributed by atoms with Crippen LogP contribution in [0, 0.1) is 6.92 Å². The lowest BCUT2D eigenvalue weighted by Gasteiger charge is -2.16. The van der Waals surface area contributed by atoms with E-state index in [4.69, 9.17) is 4.52 Å². The average molecular weight is 333 g/mol. The molecule has 7 heteroatoms. The summed E-state index contributed by atoms with van der Waals surface area (Å²) in [5, 5.41) is 6.25. The molecule has 114 valence electrons. The Morgan fingerprint density at radius 3 is 3.05 bits per heavy atom. The molecule has 0 unspecified atom stereocenters. The highest BCUT2D eigenvalue weighted by Gasteiger charge is 2.20. The molecule has 0 radical (unpaired) electrons. The number of carbonyl (C=O) groups is 1. The fourth-order valence-electron chi connectivity index (χ4n) is 1.93. The van der Waals surface area contributed by atoms with Crippen LogP contribution in [0.4, 0.5) is 11.5 Å². The van der Waals surface area contributed by atoms with Crippen molar-refractivity contribution in [3.05, 3.63) is 41.7 Å². The maximum atomic E-state index is 12.2. The van der Waals surface area contributed by atoms with Crippen molar-refractivity contribution in [3.63, 3.8) is 0 Å². The monoisotopic (exact) mass is 333 g/mol. The highest BCUT2D eigenvalue weighted by Crippen LogP contribution is 2.35. The standard InChI is InChI=1S/C15H15N3O2S2/c1-9-7-13(18-20-9)17-14(19)10(2)22-15-16-12-6-4-3-5-11(12)8-21-15/h3-7,10H,8H2,1-2H3,(H,17,18,19)/t10-/m1/s1. The van der Waals surface area contributed by atoms with Gasteiger partial charge in [0.2, 0.25) is 5.91 Å². The zero-order valence-electron chi connectivity index (χ0n) is 12.2. The minimum atomic E-state index is -0.256. The van der Waals surface area contributed by atoms with E-state index in [1.54, 1.807) is 24.8 Å². The Bertz CT molecular complexity index is 727. The number of thioether (sulfide) groups is 2. The van der Waals surface area contributed by atoms with E-state index in [1.165, 1.54) is 17.3 Å². The Balaban J connectivity index is 1.63. The van der Waals surface area contributed by atoms with E-state index >= 15 is 0 Å². The fraction of sp³-hybridized carbons (Fsp3) is 0.267. The zero-order chi connectivity index (χ0) is 15.5. The first-order valence-corrected chi connectivity index (χ1v) is 8.68. The summed E-state index contributed by atoms with van der Waals surface area (Å²) in [6.45, 7) is 3.64. The molecule has 1 aromatic heterocycles. The smallest absolute Gasteiger partial charge is 0.238 e. The number of fused-ring (bicyclic) bond motifs is 1. The van der Waals surface area contributed by atoms with Crippen LogP contribution in [-0.2, 0) is 10.5 Å². The number of amides is 1. The maximum Gasteiger partial charge on any atom is 0.238 e. The molecule has 1 aromatic carbocycles. The molecule has 0 bridgehead atoms. The van der Waals surface area contributed by atoms with Crippen LogP contribution in [0.2, 0.25) is 0 Å². The van der Waals surface area contributed by atoms with E-state index in [0.717, 1.165) is 15.8 Å². The van der Waals surface area contributed by atoms with Crippen molar-refractivity contribution < 1.29 is 9.32 Å². The summed E-state index contributed by atoms with van der Waals surface area (Å²) in [7, 11) is 0. The SMILES string of the molecule is Cc1cc(NC(=O)[C@@H](C)SC2=Nc3ccccc3CS2)no1. The van der Waals surface area contributed by atoms with Crippen LogP contribution in [0.5, 0.6) is 0 Å². The van der Waals surface area contributed by atoms with Gasteiger partial charge in [0.25, 0.3) is 0 Å². The van der Waals surface area contributed by atoms with Gasteiger partial charge < -0.3 is 9.84 Å². The summed E-state index contributed by atoms with van der Waals surface area (Å²) in [5.41, 5.74) is 2.22. The van der Waals surface area contributed by atoms with Gasteiger partial charge in [-0.15, -0.1) is 0 Å². The van der Waals surface area contributed by atoms with E-state index in [2.05, 4.69) is 21.5 Å². The van der Waals surface area contributed by atoms with Crippen molar-refractivity contribution in [2.24, 2.45) is 4.99 Å². The average Bonchev–Trinajstić information content (AvgIpc) is 2.92. The summed E-state index contributed by atoms with van der Waals surface area (Å²) >= 11 is 3.12. The first-order chi connectivity index (χ1) is 10.6. The van der Waals surface area contributed by atoms with Gasteiger partial charge in [0.1, 0.15) is 10.1 Å². The molecule has 0 fully saturated rings. The van der Waals surface area contributed by atoms with E-state index in [9.17, 15) is 4.79 Å². The predicted molar refractivity (Wildman–Crippen MR) is 91.8 cm³/mol. The van der Waals surface area contributed by atoms with Gasteiger partial charge in [0, 0.05) is 11.8 Å². The highest BCUT2D eigenvalue weighted by molar-refractivity contribution is 8.39. The molecule has 0 spiro atoms. The van der Waals surface area contributed by atoms with Crippen LogP contribution in [-0.4, -0.2) is 20.7 Å². The Morgan fingerprint density at radius 1 is 1.45 bits per heavy atom. The zero-order valence-corrected chi connectivity index (χ0v) is 13.8. The lowest BCUT2D eigenvalue weighted by molar-refractivity contribution is -0.115. The number of carbonyl (C=O) groups excluding carboxylic acids is 1. The number of aromatic nitrogens is 1. The first kappa shape index (κ1) is 15.2. The molecule has 1 aliphatic heterocycles. The number of aliphatic imine (C=N–C) groups is 1. The van der Waals surface area contributed by atoms with Crippen LogP contribution in [0.25, 0.3) is 0 Å². The number of hydrogen-bond acceptors (Lipinski definition) is 6. The first-order valence-electron chi connectivity index (χ1n) is 6.82. The predicted octanol–water partition coefficient (Wildman–Crippen LogP) is 3.98. The van der Waals surface area contributed by atoms with Gasteiger partial charge in [-0.2, -0.15) is 0 Å². The van der Waals surface area contributed by atoms with Crippen molar-refractivity contribution in [2.45, 2.75) is 24.9 Å². The van der Waals surface area contributed by atoms with Crippen molar-refractivity contribution in [1.82, 2.24) is 5.16 Å². The number of nitrogens with one attached hydrogen (secondary N) is 1. The minimum absolute atomic E-state index is 0.111. The molecule has 5 nitrogen and oxygen atoms in total. The third-order valence-corrected chi connectivity index (χ3v) is 5.38. The molecular formula is C15H15N3O2S2. The maximum absolute atomic E-state index is 12.2. The third-order valence-electron chi connectivity index (χ3n) is 3.08. The molecule has 0 aliphatic carbocycles. The van der Waals surface area contributed by atoms with Gasteiger partial charge in [-0.25, -0.2) is 4.99 Å². The normalized spacial score (nSPS) is 14.9. The summed E-state index contributed by atoms with van der Waals surface area (Å²) in [5.74, 6) is 1.89. The van der Waals surface area contributed by atoms with Crippen LogP contribution < -0.4 is 5.32 Å². The highest BCUT2D eigenvalue weighted by atomic mass is 32.2. The molecule has 1 atom stereocenters. The largest absolute Gasteiger partial charge is 0.360 e. The number of rotatable bonds is 3. The second-order valence-corrected chi connectivity index (χ2v) is 7.42. The molecule has 2 aromatic rings. The third kappa shape index (κ3) is 3.53. The second-order valence-electron chi connectivity index (χ2n) is 4.87. The van der Waals surface area contributed by atoms with Crippen LogP contribution in [0.15, 0.2) is 39.8 Å². The topological polar surface area (TPSA) is 67.5 Å². The molecule has 2 heterocycles. The van der Waals surface area contributed by atoms with Gasteiger partial charge in [0.15, 0.2) is 5.82 Å². The molecule has 0 saturated carbocycles. The Hall–Kier alpha value is -1.73. The van der Waals surface area contributed by atoms with Gasteiger partial charge in [-0.3, -0.25) is 4.79 Å². The molecule has 22 heavy (non-hydrogen) atoms. The minimum Gasteiger partial charge on any atom is -0.360 e. The van der Waals surface area contributed by atoms with E-state index < -0.39 is 0 Å². The number of para-hydroxylation sites is 1. The van der Waals surface area contributed by atoms with E-state index in [1.807, 2.05) is 25.1 Å². The quantitative estimate of drug-likeness (QED) is 0.920. The van der Waals surface area contributed by atoms with Crippen LogP contribution in [0.3, 0.4) is 0 Å². The second kappa shape index (κ2) is 6.58. The molecule has 1 N–H and O–H groups in total. The number of aryl methyl sites for hydroxylation is 1. The molecular weight excluding hydrogens is 318 g/mol. The Morgan fingerprint density at radius 2 is 2.27 bits per heavy atom. The Kier molecular flexibility index (Phi) is 4.54. The summed E-state index contributed by atoms with van der Waals surface area (Å²) in [6.07, 6.45) is 0. The number of anilines is 1. The molecule has 3 rings (SSSR count). The number of benzene rings is 1. The van der Waals surface area contributed by atoms with Gasteiger partial charge in [-0.1, -0.05) is 46.9 Å². The van der Waals surface area contributed by atoms with Crippen LogP contribution >= 0.6 is 23.5 Å². The van der Waals surface area contributed by atoms with Crippen molar-refractivity contribution in [3.8, 4) is 0 Å². The number of hydrogen-bond donors (Lipinski definition) is 1. The summed E-state index contributed by atoms with van der Waals surface area (Å²) in [6, 6.07) is 9.76. The van der Waals surface area contributed by atoms with Crippen molar-refractivity contribution >= 4 is 45.3 Å². The van der Waals surface area contributed by atoms with E-state index in [0.29, 0.717) is 11.6 Å². The lowest BCUT2D eigenvalue weighted by atomic mass is 10.2. The summed E-state index contributed by atoms with van der Waals surface area (Å²) < 4.78 is 5.85. The van der Waals surface area contributed by atoms with Gasteiger partial charge in [0.05, 0.1) is 10.9 Å². The van der Waals surface area contributed by atoms with E-state index in [-0.39, 0.29) is 11.2 Å². The lowest BCUT2D eigenvalue weighted by Crippen LogP contribution is -2.23. The van der Waals surface area contributed by atoms with Crippen LogP contribution in [0.1, 0.15) is 18.2 Å². The van der Waals surface area contributed by atoms with Crippen molar-refractivity contribution in [2.75, 3.05) is 5.32 Å². The molecule has 1 amide bonds. The Labute approximate surface area is 136 Å². The molecule has 1 aliphatic rings. The molecule has 0 saturated heterocycles. The summed E-state index contributed by atoms with van der Waals surface area (Å²) in [4.78, 5) is 16.8. The number of nitrogens with zero attached hydrogens (tertiary/aromatic N) is 2. The van der Waals surface area contributed by atoms with Gasteiger partial charge >= 0.3 is 0 Å².